The third kappa shape index (κ3) is 2.62. The summed E-state index contributed by atoms with van der Waals surface area (Å²) in [7, 11) is 0. The Balaban J connectivity index is 2.23. The van der Waals surface area contributed by atoms with Crippen LogP contribution < -0.4 is 0 Å². The maximum atomic E-state index is 12.2. The van der Waals surface area contributed by atoms with Crippen molar-refractivity contribution in [3.63, 3.8) is 0 Å². The van der Waals surface area contributed by atoms with Gasteiger partial charge in [-0.15, -0.1) is 0 Å². The van der Waals surface area contributed by atoms with E-state index in [4.69, 9.17) is 9.47 Å². The quantitative estimate of drug-likeness (QED) is 0.807. The molecule has 3 atom stereocenters. The molecule has 3 heteroatoms. The zero-order valence-corrected chi connectivity index (χ0v) is 11.3. The van der Waals surface area contributed by atoms with Crippen molar-refractivity contribution in [3.8, 4) is 0 Å². The standard InChI is InChI=1S/C15H20O3/c1-10(12-8-6-5-7-9-12)14-13(16)11(2)17-15(3,4)18-14/h5-11,14H,1-4H3/t10?,11-,14-/m0/s1. The number of ketones is 1. The molecular weight excluding hydrogens is 228 g/mol. The number of benzene rings is 1. The molecular formula is C15H20O3. The molecule has 0 amide bonds. The van der Waals surface area contributed by atoms with E-state index >= 15 is 0 Å². The molecule has 18 heavy (non-hydrogen) atoms. The summed E-state index contributed by atoms with van der Waals surface area (Å²) < 4.78 is 11.3. The number of ether oxygens (including phenoxy) is 2. The van der Waals surface area contributed by atoms with E-state index in [9.17, 15) is 4.79 Å². The number of hydrogen-bond donors (Lipinski definition) is 0. The monoisotopic (exact) mass is 248 g/mol. The number of carbonyl (C=O) groups excluding carboxylic acids is 1. The Kier molecular flexibility index (Phi) is 3.55. The molecule has 1 unspecified atom stereocenters. The lowest BCUT2D eigenvalue weighted by molar-refractivity contribution is -0.279. The highest BCUT2D eigenvalue weighted by molar-refractivity contribution is 5.88. The van der Waals surface area contributed by atoms with Crippen molar-refractivity contribution in [2.45, 2.75) is 51.6 Å². The van der Waals surface area contributed by atoms with Gasteiger partial charge >= 0.3 is 0 Å². The third-order valence-corrected chi connectivity index (χ3v) is 3.33. The van der Waals surface area contributed by atoms with E-state index in [0.29, 0.717) is 0 Å². The van der Waals surface area contributed by atoms with Gasteiger partial charge in [-0.2, -0.15) is 0 Å². The van der Waals surface area contributed by atoms with Gasteiger partial charge in [0.05, 0.1) is 0 Å². The lowest BCUT2D eigenvalue weighted by Crippen LogP contribution is -2.52. The molecule has 0 N–H and O–H groups in total. The summed E-state index contributed by atoms with van der Waals surface area (Å²) in [5, 5.41) is 0. The molecule has 0 radical (unpaired) electrons. The van der Waals surface area contributed by atoms with Crippen LogP contribution in [0.3, 0.4) is 0 Å². The van der Waals surface area contributed by atoms with Crippen LogP contribution in [0.5, 0.6) is 0 Å². The molecule has 1 aromatic rings. The number of carbonyl (C=O) groups is 1. The topological polar surface area (TPSA) is 35.5 Å². The smallest absolute Gasteiger partial charge is 0.190 e. The Hall–Kier alpha value is -1.19. The van der Waals surface area contributed by atoms with E-state index in [1.807, 2.05) is 51.1 Å². The molecule has 1 fully saturated rings. The molecule has 98 valence electrons. The molecule has 3 nitrogen and oxygen atoms in total. The van der Waals surface area contributed by atoms with Gasteiger partial charge in [-0.25, -0.2) is 0 Å². The molecule has 1 aliphatic heterocycles. The molecule has 0 bridgehead atoms. The highest BCUT2D eigenvalue weighted by Gasteiger charge is 2.42. The van der Waals surface area contributed by atoms with Gasteiger partial charge < -0.3 is 9.47 Å². The van der Waals surface area contributed by atoms with Crippen LogP contribution in [0.25, 0.3) is 0 Å². The van der Waals surface area contributed by atoms with Crippen LogP contribution in [0.4, 0.5) is 0 Å². The number of hydrogen-bond acceptors (Lipinski definition) is 3. The summed E-state index contributed by atoms with van der Waals surface area (Å²) in [6.45, 7) is 7.50. The minimum atomic E-state index is -0.707. The van der Waals surface area contributed by atoms with Crippen LogP contribution in [0.2, 0.25) is 0 Å². The SMILES string of the molecule is CC(c1ccccc1)[C@@H]1OC(C)(C)O[C@@H](C)C1=O. The van der Waals surface area contributed by atoms with Gasteiger partial charge in [-0.3, -0.25) is 4.79 Å². The minimum Gasteiger partial charge on any atom is -0.340 e. The van der Waals surface area contributed by atoms with Crippen LogP contribution in [0.1, 0.15) is 39.2 Å². The molecule has 1 aliphatic rings. The van der Waals surface area contributed by atoms with Gasteiger partial charge in [-0.1, -0.05) is 37.3 Å². The van der Waals surface area contributed by atoms with Gasteiger partial charge in [0, 0.05) is 5.92 Å². The lowest BCUT2D eigenvalue weighted by Gasteiger charge is -2.40. The van der Waals surface area contributed by atoms with Gasteiger partial charge in [0.1, 0.15) is 12.2 Å². The van der Waals surface area contributed by atoms with E-state index in [2.05, 4.69) is 0 Å². The predicted octanol–water partition coefficient (Wildman–Crippen LogP) is 2.90. The van der Waals surface area contributed by atoms with Gasteiger partial charge in [0.25, 0.3) is 0 Å². The number of Topliss-reactive ketones (excluding diaryl/α,β-unsaturated/α-hetero) is 1. The summed E-state index contributed by atoms with van der Waals surface area (Å²) in [5.74, 6) is -0.656. The third-order valence-electron chi connectivity index (χ3n) is 3.33. The Morgan fingerprint density at radius 3 is 2.39 bits per heavy atom. The average Bonchev–Trinajstić information content (AvgIpc) is 2.33. The average molecular weight is 248 g/mol. The van der Waals surface area contributed by atoms with Crippen LogP contribution >= 0.6 is 0 Å². The van der Waals surface area contributed by atoms with Crippen molar-refractivity contribution in [2.24, 2.45) is 0 Å². The van der Waals surface area contributed by atoms with E-state index < -0.39 is 18.0 Å². The van der Waals surface area contributed by atoms with Crippen molar-refractivity contribution in [1.82, 2.24) is 0 Å². The first-order valence-corrected chi connectivity index (χ1v) is 6.35. The Morgan fingerprint density at radius 2 is 1.78 bits per heavy atom. The van der Waals surface area contributed by atoms with Crippen molar-refractivity contribution in [1.29, 1.82) is 0 Å². The maximum absolute atomic E-state index is 12.2. The molecule has 1 saturated heterocycles. The van der Waals surface area contributed by atoms with Crippen LogP contribution in [0.15, 0.2) is 30.3 Å². The summed E-state index contributed by atoms with van der Waals surface area (Å²) in [6.07, 6.45) is -0.851. The Bertz CT molecular complexity index is 425. The second kappa shape index (κ2) is 4.82. The van der Waals surface area contributed by atoms with E-state index in [1.165, 1.54) is 0 Å². The van der Waals surface area contributed by atoms with Crippen LogP contribution in [-0.2, 0) is 14.3 Å². The second-order valence-corrected chi connectivity index (χ2v) is 5.30. The normalized spacial score (nSPS) is 29.0. The van der Waals surface area contributed by atoms with Gasteiger partial charge in [0.15, 0.2) is 11.6 Å². The first kappa shape index (κ1) is 13.2. The minimum absolute atomic E-state index is 0.0191. The summed E-state index contributed by atoms with van der Waals surface area (Å²) in [4.78, 5) is 12.2. The maximum Gasteiger partial charge on any atom is 0.190 e. The van der Waals surface area contributed by atoms with Gasteiger partial charge in [-0.05, 0) is 26.3 Å². The van der Waals surface area contributed by atoms with Crippen molar-refractivity contribution in [2.75, 3.05) is 0 Å². The van der Waals surface area contributed by atoms with Crippen molar-refractivity contribution >= 4 is 5.78 Å². The Morgan fingerprint density at radius 1 is 1.17 bits per heavy atom. The fourth-order valence-corrected chi connectivity index (χ4v) is 2.39. The van der Waals surface area contributed by atoms with Crippen LogP contribution in [0, 0.1) is 0 Å². The first-order chi connectivity index (χ1) is 8.41. The van der Waals surface area contributed by atoms with Crippen LogP contribution in [-0.4, -0.2) is 23.8 Å². The fourth-order valence-electron chi connectivity index (χ4n) is 2.39. The summed E-state index contributed by atoms with van der Waals surface area (Å²) >= 11 is 0. The molecule has 2 rings (SSSR count). The molecule has 0 aliphatic carbocycles. The summed E-state index contributed by atoms with van der Waals surface area (Å²) in [5.41, 5.74) is 1.11. The van der Waals surface area contributed by atoms with Gasteiger partial charge in [0.2, 0.25) is 0 Å². The number of rotatable bonds is 2. The first-order valence-electron chi connectivity index (χ1n) is 6.35. The van der Waals surface area contributed by atoms with Crippen molar-refractivity contribution < 1.29 is 14.3 Å². The van der Waals surface area contributed by atoms with E-state index in [0.717, 1.165) is 5.56 Å². The predicted molar refractivity (Wildman–Crippen MR) is 69.4 cm³/mol. The van der Waals surface area contributed by atoms with Crippen molar-refractivity contribution in [3.05, 3.63) is 35.9 Å². The molecule has 0 spiro atoms. The highest BCUT2D eigenvalue weighted by Crippen LogP contribution is 2.32. The zero-order valence-electron chi connectivity index (χ0n) is 11.3. The largest absolute Gasteiger partial charge is 0.340 e. The van der Waals surface area contributed by atoms with E-state index in [1.54, 1.807) is 6.92 Å². The van der Waals surface area contributed by atoms with E-state index in [-0.39, 0.29) is 11.7 Å². The molecule has 0 saturated carbocycles. The molecule has 1 heterocycles. The molecule has 1 aromatic carbocycles. The highest BCUT2D eigenvalue weighted by atomic mass is 16.7. The lowest BCUT2D eigenvalue weighted by atomic mass is 9.90. The Labute approximate surface area is 108 Å². The zero-order chi connectivity index (χ0) is 13.3. The fraction of sp³-hybridized carbons (Fsp3) is 0.533. The molecule has 0 aromatic heterocycles. The second-order valence-electron chi connectivity index (χ2n) is 5.30. The summed E-state index contributed by atoms with van der Waals surface area (Å²) in [6, 6.07) is 9.97.